The van der Waals surface area contributed by atoms with E-state index >= 15 is 0 Å². The van der Waals surface area contributed by atoms with Crippen LogP contribution in [0.4, 0.5) is 0 Å². The summed E-state index contributed by atoms with van der Waals surface area (Å²) in [5, 5.41) is 0. The van der Waals surface area contributed by atoms with Gasteiger partial charge in [0, 0.05) is 13.1 Å². The molecule has 1 rings (SSSR count). The molecule has 0 aliphatic carbocycles. The first-order valence-corrected chi connectivity index (χ1v) is 15.5. The van der Waals surface area contributed by atoms with Gasteiger partial charge in [-0.1, -0.05) is 19.6 Å². The van der Waals surface area contributed by atoms with Gasteiger partial charge < -0.3 is 23.9 Å². The average Bonchev–Trinajstić information content (AvgIpc) is 2.86. The zero-order valence-electron chi connectivity index (χ0n) is 18.4. The molecule has 0 bridgehead atoms. The van der Waals surface area contributed by atoms with E-state index in [1.54, 1.807) is 6.26 Å². The third-order valence-electron chi connectivity index (χ3n) is 2.69. The molecule has 0 saturated carbocycles. The zero-order valence-corrected chi connectivity index (χ0v) is 20.4. The Morgan fingerprint density at radius 1 is 1.00 bits per heavy atom. The minimum absolute atomic E-state index is 0. The Hall–Kier alpha value is -0.299. The first kappa shape index (κ1) is 26.9. The van der Waals surface area contributed by atoms with Crippen molar-refractivity contribution in [1.82, 2.24) is 9.80 Å². The summed E-state index contributed by atoms with van der Waals surface area (Å²) in [5.74, 6) is 1.79. The Morgan fingerprint density at radius 3 is 1.76 bits per heavy atom. The molecule has 8 heteroatoms. The fourth-order valence-corrected chi connectivity index (χ4v) is 3.49. The maximum Gasteiger partial charge on any atom is 1.00 e. The van der Waals surface area contributed by atoms with Crippen LogP contribution < -0.4 is 23.5 Å². The molecule has 0 atom stereocenters. The molecular weight excluding hydrogens is 339 g/mol. The Morgan fingerprint density at radius 2 is 1.48 bits per heavy atom. The third kappa shape index (κ3) is 16.9. The van der Waals surface area contributed by atoms with Crippen molar-refractivity contribution in [2.45, 2.75) is 39.3 Å². The number of furan rings is 1. The topological polar surface area (TPSA) is 47.7 Å². The van der Waals surface area contributed by atoms with Crippen LogP contribution in [0.1, 0.15) is 5.76 Å². The first-order valence-electron chi connectivity index (χ1n) is 8.51. The van der Waals surface area contributed by atoms with Crippen molar-refractivity contribution in [3.63, 3.8) is 0 Å². The summed E-state index contributed by atoms with van der Waals surface area (Å²) in [4.78, 5) is 9.18. The van der Waals surface area contributed by atoms with Crippen molar-refractivity contribution in [1.29, 1.82) is 0 Å². The number of nitrogens with zero attached hydrogens (tertiary/aromatic N) is 3. The van der Waals surface area contributed by atoms with Gasteiger partial charge in [-0.25, -0.2) is 0 Å². The number of hydrogen-bond acceptors (Lipinski definition) is 3. The minimum atomic E-state index is -1.49. The molecule has 0 aromatic carbocycles. The molecule has 140 valence electrons. The van der Waals surface area contributed by atoms with Gasteiger partial charge in [-0.3, -0.25) is 0 Å². The molecule has 0 amide bonds. The van der Waals surface area contributed by atoms with Crippen LogP contribution >= 0.6 is 0 Å². The second-order valence-corrected chi connectivity index (χ2v) is 17.9. The predicted octanol–water partition coefficient (Wildman–Crippen LogP) is -0.736. The fraction of sp³-hybridized carbons (Fsp3) is 0.706. The number of likely N-dealkylation sites (N-methyl/N-ethyl adjacent to an activating group) is 2. The zero-order chi connectivity index (χ0) is 19.0. The van der Waals surface area contributed by atoms with E-state index in [-0.39, 0.29) is 18.9 Å². The summed E-state index contributed by atoms with van der Waals surface area (Å²) in [6.45, 7) is 15.7. The van der Waals surface area contributed by atoms with Crippen LogP contribution in [0.15, 0.2) is 22.8 Å². The summed E-state index contributed by atoms with van der Waals surface area (Å²) in [7, 11) is 5.46. The van der Waals surface area contributed by atoms with Gasteiger partial charge in [0.1, 0.15) is 14.1 Å². The maximum atomic E-state index is 5.44. The van der Waals surface area contributed by atoms with E-state index in [4.69, 9.17) is 9.40 Å². The van der Waals surface area contributed by atoms with E-state index < -0.39 is 16.5 Å². The maximum absolute atomic E-state index is 5.44. The monoisotopic (exact) mass is 377 g/mol. The summed E-state index contributed by atoms with van der Waals surface area (Å²) >= 11 is 0. The van der Waals surface area contributed by atoms with Crippen LogP contribution in [0.25, 0.3) is 4.98 Å². The quantitative estimate of drug-likeness (QED) is 0.404. The fourth-order valence-electron chi connectivity index (χ4n) is 1.65. The van der Waals surface area contributed by atoms with Crippen LogP contribution in [0.2, 0.25) is 39.3 Å². The molecule has 1 heterocycles. The Balaban J connectivity index is 0. The molecule has 5 nitrogen and oxygen atoms in total. The number of hydrogen-bond donors (Lipinski definition) is 1. The predicted molar refractivity (Wildman–Crippen MR) is 111 cm³/mol. The van der Waals surface area contributed by atoms with Gasteiger partial charge in [0.05, 0.1) is 6.26 Å². The second kappa shape index (κ2) is 12.2. The first-order chi connectivity index (χ1) is 10.8. The van der Waals surface area contributed by atoms with E-state index in [0.717, 1.165) is 24.7 Å². The molecule has 0 unspecified atom stereocenters. The Kier molecular flexibility index (Phi) is 13.1. The van der Waals surface area contributed by atoms with Crippen LogP contribution in [-0.2, 0) is 0 Å². The second-order valence-electron chi connectivity index (χ2n) is 8.59. The molecule has 1 N–H and O–H groups in total. The Labute approximate surface area is 169 Å². The van der Waals surface area contributed by atoms with Gasteiger partial charge in [-0.2, -0.15) is 0 Å². The summed E-state index contributed by atoms with van der Waals surface area (Å²) in [6, 6.07) is 3.87. The van der Waals surface area contributed by atoms with Gasteiger partial charge >= 0.3 is 18.9 Å². The summed E-state index contributed by atoms with van der Waals surface area (Å²) in [5.41, 5.74) is 0. The van der Waals surface area contributed by atoms with Crippen molar-refractivity contribution in [2.24, 2.45) is 0 Å². The summed E-state index contributed by atoms with van der Waals surface area (Å²) < 4.78 is 8.98. The van der Waals surface area contributed by atoms with Crippen LogP contribution in [0.5, 0.6) is 0 Å². The minimum Gasteiger partial charge on any atom is -0.461 e. The standard InChI is InChI=1S/C11H21N2OSi2.C6H16N2.Li/c1-15(2,3)12-11(13-16(4,5)6)10-8-7-9-14-10;1-7(2)5-6-8(3)4;/h7-9H,1-6H3;5-6H2,1-4H3;/q-1;;+1/p+1. The Bertz CT molecular complexity index is 470. The molecule has 1 aromatic rings. The smallest absolute Gasteiger partial charge is 0.461 e. The molecule has 0 saturated heterocycles. The molecule has 0 spiro atoms. The molecule has 1 aromatic heterocycles. The molecule has 0 aliphatic heterocycles. The number of nitrogens with one attached hydrogen (secondary N) is 1. The van der Waals surface area contributed by atoms with Crippen molar-refractivity contribution in [2.75, 3.05) is 41.3 Å². The van der Waals surface area contributed by atoms with E-state index in [2.05, 4.69) is 81.9 Å². The van der Waals surface area contributed by atoms with Crippen LogP contribution in [0.3, 0.4) is 0 Å². The number of rotatable bonds is 6. The molecule has 0 aliphatic rings. The van der Waals surface area contributed by atoms with Gasteiger partial charge in [0.2, 0.25) is 0 Å². The average molecular weight is 378 g/mol. The normalized spacial score (nSPS) is 12.6. The SMILES string of the molecule is CN(C)CCN(C)C.C[Si](C)(C)[N-]/C(=[NH+]/[Si](C)(C)C)c1ccco1.[Li+]. The van der Waals surface area contributed by atoms with Gasteiger partial charge in [-0.05, 0) is 60.0 Å². The van der Waals surface area contributed by atoms with Gasteiger partial charge in [0.25, 0.3) is 0 Å². The molecular formula is C17H38LiN4OSi2+. The van der Waals surface area contributed by atoms with E-state index in [0.29, 0.717) is 0 Å². The van der Waals surface area contributed by atoms with Crippen LogP contribution in [-0.4, -0.2) is 73.4 Å². The van der Waals surface area contributed by atoms with Crippen LogP contribution in [0, 0.1) is 0 Å². The van der Waals surface area contributed by atoms with Gasteiger partial charge in [0.15, 0.2) is 14.0 Å². The van der Waals surface area contributed by atoms with E-state index in [1.165, 1.54) is 0 Å². The molecule has 0 radical (unpaired) electrons. The number of amidine groups is 1. The van der Waals surface area contributed by atoms with Gasteiger partial charge in [-0.15, -0.1) is 0 Å². The summed E-state index contributed by atoms with van der Waals surface area (Å²) in [6.07, 6.45) is 1.70. The van der Waals surface area contributed by atoms with E-state index in [9.17, 15) is 0 Å². The third-order valence-corrected chi connectivity index (χ3v) is 4.57. The van der Waals surface area contributed by atoms with Crippen molar-refractivity contribution < 1.29 is 27.9 Å². The van der Waals surface area contributed by atoms with Crippen molar-refractivity contribution in [3.8, 4) is 0 Å². The van der Waals surface area contributed by atoms with E-state index in [1.807, 2.05) is 12.1 Å². The molecule has 25 heavy (non-hydrogen) atoms. The van der Waals surface area contributed by atoms with Crippen molar-refractivity contribution in [3.05, 3.63) is 29.1 Å². The largest absolute Gasteiger partial charge is 1.00 e. The molecule has 0 fully saturated rings. The van der Waals surface area contributed by atoms with Crippen molar-refractivity contribution >= 4 is 22.3 Å².